The standard InChI is InChI=1S/C13H25N3O/c1-6-10(2)16(5)8-7-14-9-13-15-11(3)12(4)17-13/h10,14H,6-9H2,1-5H3. The first-order valence-corrected chi connectivity index (χ1v) is 6.38. The van der Waals surface area contributed by atoms with Crippen LogP contribution in [0.5, 0.6) is 0 Å². The van der Waals surface area contributed by atoms with E-state index in [-0.39, 0.29) is 0 Å². The van der Waals surface area contributed by atoms with Crippen LogP contribution in [-0.4, -0.2) is 36.1 Å². The Balaban J connectivity index is 2.20. The van der Waals surface area contributed by atoms with E-state index in [1.807, 2.05) is 13.8 Å². The fraction of sp³-hybridized carbons (Fsp3) is 0.769. The van der Waals surface area contributed by atoms with Gasteiger partial charge in [0.1, 0.15) is 5.76 Å². The van der Waals surface area contributed by atoms with E-state index in [0.717, 1.165) is 30.4 Å². The highest BCUT2D eigenvalue weighted by atomic mass is 16.4. The third kappa shape index (κ3) is 4.48. The average Bonchev–Trinajstić information content (AvgIpc) is 2.63. The summed E-state index contributed by atoms with van der Waals surface area (Å²) in [6, 6.07) is 0.642. The van der Waals surface area contributed by atoms with Gasteiger partial charge in [0, 0.05) is 19.1 Å². The van der Waals surface area contributed by atoms with Crippen molar-refractivity contribution < 1.29 is 4.42 Å². The Morgan fingerprint density at radius 2 is 2.12 bits per heavy atom. The number of nitrogens with zero attached hydrogens (tertiary/aromatic N) is 2. The molecule has 0 aliphatic rings. The predicted molar refractivity (Wildman–Crippen MR) is 70.1 cm³/mol. The molecule has 0 spiro atoms. The molecule has 0 bridgehead atoms. The van der Waals surface area contributed by atoms with E-state index in [4.69, 9.17) is 4.42 Å². The van der Waals surface area contributed by atoms with E-state index >= 15 is 0 Å². The van der Waals surface area contributed by atoms with Crippen molar-refractivity contribution in [1.82, 2.24) is 15.2 Å². The number of hydrogen-bond acceptors (Lipinski definition) is 4. The zero-order chi connectivity index (χ0) is 12.8. The summed E-state index contributed by atoms with van der Waals surface area (Å²) in [6.07, 6.45) is 1.19. The molecule has 1 rings (SSSR count). The molecule has 0 fully saturated rings. The molecule has 0 amide bonds. The van der Waals surface area contributed by atoms with Crippen molar-refractivity contribution in [1.29, 1.82) is 0 Å². The van der Waals surface area contributed by atoms with Crippen molar-refractivity contribution in [3.05, 3.63) is 17.3 Å². The average molecular weight is 239 g/mol. The summed E-state index contributed by atoms with van der Waals surface area (Å²) >= 11 is 0. The molecule has 1 heterocycles. The Morgan fingerprint density at radius 1 is 1.41 bits per heavy atom. The Hall–Kier alpha value is -0.870. The Bertz CT molecular complexity index is 316. The van der Waals surface area contributed by atoms with Gasteiger partial charge in [0.2, 0.25) is 5.89 Å². The van der Waals surface area contributed by atoms with E-state index in [0.29, 0.717) is 12.6 Å². The molecule has 0 aliphatic heterocycles. The Labute approximate surface area is 104 Å². The smallest absolute Gasteiger partial charge is 0.208 e. The summed E-state index contributed by atoms with van der Waals surface area (Å²) in [5.41, 5.74) is 0.985. The van der Waals surface area contributed by atoms with Gasteiger partial charge in [-0.15, -0.1) is 0 Å². The third-order valence-corrected chi connectivity index (χ3v) is 3.33. The molecule has 0 aliphatic carbocycles. The SMILES string of the molecule is CCC(C)N(C)CCNCc1nc(C)c(C)o1. The monoisotopic (exact) mass is 239 g/mol. The Kier molecular flexibility index (Phi) is 5.65. The number of aryl methyl sites for hydroxylation is 2. The van der Waals surface area contributed by atoms with Crippen molar-refractivity contribution in [2.24, 2.45) is 0 Å². The lowest BCUT2D eigenvalue weighted by Gasteiger charge is -2.23. The molecule has 98 valence electrons. The fourth-order valence-corrected chi connectivity index (χ4v) is 1.60. The second-order valence-electron chi connectivity index (χ2n) is 4.66. The van der Waals surface area contributed by atoms with Crippen LogP contribution in [0.4, 0.5) is 0 Å². The van der Waals surface area contributed by atoms with E-state index in [1.165, 1.54) is 6.42 Å². The molecule has 4 nitrogen and oxygen atoms in total. The van der Waals surface area contributed by atoms with Gasteiger partial charge in [-0.3, -0.25) is 0 Å². The number of hydrogen-bond donors (Lipinski definition) is 1. The molecule has 0 aromatic carbocycles. The molecule has 1 N–H and O–H groups in total. The molecule has 4 heteroatoms. The van der Waals surface area contributed by atoms with Crippen LogP contribution in [0.15, 0.2) is 4.42 Å². The van der Waals surface area contributed by atoms with Crippen LogP contribution in [0.2, 0.25) is 0 Å². The minimum Gasteiger partial charge on any atom is -0.444 e. The number of nitrogens with one attached hydrogen (secondary N) is 1. The van der Waals surface area contributed by atoms with Crippen LogP contribution >= 0.6 is 0 Å². The highest BCUT2D eigenvalue weighted by Gasteiger charge is 2.07. The normalized spacial score (nSPS) is 13.3. The van der Waals surface area contributed by atoms with Crippen molar-refractivity contribution in [3.63, 3.8) is 0 Å². The molecule has 0 saturated carbocycles. The zero-order valence-electron chi connectivity index (χ0n) is 11.7. The quantitative estimate of drug-likeness (QED) is 0.740. The lowest BCUT2D eigenvalue weighted by molar-refractivity contribution is 0.250. The van der Waals surface area contributed by atoms with Crippen LogP contribution in [-0.2, 0) is 6.54 Å². The molecule has 1 atom stereocenters. The predicted octanol–water partition coefficient (Wildman–Crippen LogP) is 2.11. The molecule has 1 aromatic rings. The number of aromatic nitrogens is 1. The topological polar surface area (TPSA) is 41.3 Å². The van der Waals surface area contributed by atoms with E-state index in [9.17, 15) is 0 Å². The molecule has 17 heavy (non-hydrogen) atoms. The van der Waals surface area contributed by atoms with E-state index < -0.39 is 0 Å². The number of oxazole rings is 1. The number of rotatable bonds is 7. The lowest BCUT2D eigenvalue weighted by atomic mass is 10.2. The lowest BCUT2D eigenvalue weighted by Crippen LogP contribution is -2.34. The summed E-state index contributed by atoms with van der Waals surface area (Å²) in [5.74, 6) is 1.70. The van der Waals surface area contributed by atoms with E-state index in [2.05, 4.69) is 36.1 Å². The zero-order valence-corrected chi connectivity index (χ0v) is 11.7. The van der Waals surface area contributed by atoms with Gasteiger partial charge >= 0.3 is 0 Å². The largest absolute Gasteiger partial charge is 0.444 e. The van der Waals surface area contributed by atoms with Crippen LogP contribution in [0.3, 0.4) is 0 Å². The molecule has 1 aromatic heterocycles. The van der Waals surface area contributed by atoms with Crippen molar-refractivity contribution in [3.8, 4) is 0 Å². The second kappa shape index (κ2) is 6.77. The van der Waals surface area contributed by atoms with Gasteiger partial charge in [0.05, 0.1) is 12.2 Å². The van der Waals surface area contributed by atoms with Gasteiger partial charge in [-0.05, 0) is 34.2 Å². The highest BCUT2D eigenvalue weighted by Crippen LogP contribution is 2.07. The first-order valence-electron chi connectivity index (χ1n) is 6.38. The third-order valence-electron chi connectivity index (χ3n) is 3.33. The summed E-state index contributed by atoms with van der Waals surface area (Å²) in [4.78, 5) is 6.70. The van der Waals surface area contributed by atoms with Gasteiger partial charge in [-0.25, -0.2) is 4.98 Å². The minimum absolute atomic E-state index is 0.642. The number of likely N-dealkylation sites (N-methyl/N-ethyl adjacent to an activating group) is 1. The maximum absolute atomic E-state index is 5.50. The first kappa shape index (κ1) is 14.2. The maximum Gasteiger partial charge on any atom is 0.208 e. The summed E-state index contributed by atoms with van der Waals surface area (Å²) in [7, 11) is 2.16. The molecule has 0 radical (unpaired) electrons. The van der Waals surface area contributed by atoms with Crippen LogP contribution in [0.25, 0.3) is 0 Å². The summed E-state index contributed by atoms with van der Waals surface area (Å²) in [5, 5.41) is 3.35. The van der Waals surface area contributed by atoms with Gasteiger partial charge in [-0.2, -0.15) is 0 Å². The summed E-state index contributed by atoms with van der Waals surface area (Å²) in [6.45, 7) is 11.1. The van der Waals surface area contributed by atoms with Crippen molar-refractivity contribution >= 4 is 0 Å². The first-order chi connectivity index (χ1) is 8.04. The van der Waals surface area contributed by atoms with Gasteiger partial charge < -0.3 is 14.6 Å². The fourth-order valence-electron chi connectivity index (χ4n) is 1.60. The van der Waals surface area contributed by atoms with Crippen LogP contribution in [0.1, 0.15) is 37.6 Å². The molecule has 1 unspecified atom stereocenters. The van der Waals surface area contributed by atoms with Crippen LogP contribution in [0, 0.1) is 13.8 Å². The van der Waals surface area contributed by atoms with Gasteiger partial charge in [0.25, 0.3) is 0 Å². The second-order valence-corrected chi connectivity index (χ2v) is 4.66. The summed E-state index contributed by atoms with van der Waals surface area (Å²) < 4.78 is 5.50. The Morgan fingerprint density at radius 3 is 2.65 bits per heavy atom. The van der Waals surface area contributed by atoms with Gasteiger partial charge in [-0.1, -0.05) is 6.92 Å². The molecular weight excluding hydrogens is 214 g/mol. The molecule has 0 saturated heterocycles. The van der Waals surface area contributed by atoms with Gasteiger partial charge in [0.15, 0.2) is 0 Å². The van der Waals surface area contributed by atoms with Crippen molar-refractivity contribution in [2.45, 2.75) is 46.7 Å². The van der Waals surface area contributed by atoms with Crippen molar-refractivity contribution in [2.75, 3.05) is 20.1 Å². The van der Waals surface area contributed by atoms with E-state index in [1.54, 1.807) is 0 Å². The molecular formula is C13H25N3O. The van der Waals surface area contributed by atoms with Crippen LogP contribution < -0.4 is 5.32 Å². The minimum atomic E-state index is 0.642. The highest BCUT2D eigenvalue weighted by molar-refractivity contribution is 5.05. The maximum atomic E-state index is 5.50.